The lowest BCUT2D eigenvalue weighted by atomic mass is 9.88. The predicted molar refractivity (Wildman–Crippen MR) is 310 cm³/mol. The number of rotatable bonds is 17. The highest BCUT2D eigenvalue weighted by atomic mass is 19.3. The Balaban J connectivity index is 0.773. The summed E-state index contributed by atoms with van der Waals surface area (Å²) < 4.78 is 64.9. The van der Waals surface area contributed by atoms with Crippen LogP contribution < -0.4 is 30.6 Å². The van der Waals surface area contributed by atoms with E-state index in [4.69, 9.17) is 29.3 Å². The number of piperazine rings is 1. The number of hydrogen-bond acceptors (Lipinski definition) is 13. The Kier molecular flexibility index (Phi) is 13.8. The summed E-state index contributed by atoms with van der Waals surface area (Å²) in [4.78, 5) is 60.2. The molecule has 1 aliphatic carbocycles. The molecular formula is C62H64F3N13O6. The van der Waals surface area contributed by atoms with Crippen LogP contribution in [0, 0.1) is 18.7 Å². The Morgan fingerprint density at radius 3 is 2.49 bits per heavy atom. The number of nitrogens with zero attached hydrogens (tertiary/aromatic N) is 9. The monoisotopic (exact) mass is 1140 g/mol. The van der Waals surface area contributed by atoms with E-state index in [1.165, 1.54) is 16.9 Å². The van der Waals surface area contributed by atoms with Gasteiger partial charge in [-0.1, -0.05) is 50.2 Å². The minimum absolute atomic E-state index is 0.0433. The Morgan fingerprint density at radius 2 is 1.73 bits per heavy atom. The number of hydrogen-bond donors (Lipinski definition) is 4. The third-order valence-electron chi connectivity index (χ3n) is 17.6. The lowest BCUT2D eigenvalue weighted by molar-refractivity contribution is -0.142. The number of alkyl halides is 2. The van der Waals surface area contributed by atoms with Gasteiger partial charge in [-0.2, -0.15) is 25.3 Å². The second kappa shape index (κ2) is 21.7. The fourth-order valence-corrected chi connectivity index (χ4v) is 13.2. The third-order valence-corrected chi connectivity index (χ3v) is 17.6. The molecule has 5 fully saturated rings. The number of H-pyrrole nitrogens is 2. The van der Waals surface area contributed by atoms with Gasteiger partial charge < -0.3 is 39.6 Å². The number of likely N-dealkylation sites (tertiary alicyclic amines) is 1. The minimum atomic E-state index is -2.54. The van der Waals surface area contributed by atoms with Gasteiger partial charge in [0.1, 0.15) is 48.5 Å². The maximum atomic E-state index is 16.2. The number of pyridine rings is 1. The highest BCUT2D eigenvalue weighted by Crippen LogP contribution is 2.54. The molecule has 434 valence electrons. The molecule has 2 bridgehead atoms. The SMILES string of the molecule is Cc1c(F)cc2[nH]ncc2c1-c1c(C2CC2)cc2c(N3CC4CC3CN4)nc(OC3CCOCC3)nc2c1OCc1ccc2c(c1)[nH]c(=O)c1nn(C(C(=O)N3CCCC3C(=O)NCc3ccc(-c4ccnn4CC(F)F)cc3)C(C)C)cc12. The molecule has 22 heteroatoms. The summed E-state index contributed by atoms with van der Waals surface area (Å²) in [6, 6.07) is 17.6. The molecule has 1 saturated carbocycles. The average Bonchev–Trinajstić information content (AvgIpc) is 1.59. The zero-order chi connectivity index (χ0) is 57.5. The molecule has 19 nitrogen and oxygen atoms in total. The largest absolute Gasteiger partial charge is 0.486 e. The van der Waals surface area contributed by atoms with Gasteiger partial charge in [0.2, 0.25) is 11.8 Å². The molecule has 14 rings (SSSR count). The maximum Gasteiger partial charge on any atom is 0.319 e. The molecule has 0 radical (unpaired) electrons. The molecule has 0 spiro atoms. The lowest BCUT2D eigenvalue weighted by Crippen LogP contribution is -2.48. The fraction of sp³-hybridized carbons (Fsp3) is 0.419. The highest BCUT2D eigenvalue weighted by Gasteiger charge is 2.42. The molecule has 5 aliphatic rings. The molecule has 5 aromatic heterocycles. The van der Waals surface area contributed by atoms with Crippen LogP contribution in [0.4, 0.5) is 19.0 Å². The van der Waals surface area contributed by atoms with E-state index in [-0.39, 0.29) is 66.3 Å². The van der Waals surface area contributed by atoms with E-state index >= 15 is 4.39 Å². The van der Waals surface area contributed by atoms with Crippen LogP contribution in [-0.4, -0.2) is 125 Å². The average molecular weight is 1140 g/mol. The molecule has 2 amide bonds. The van der Waals surface area contributed by atoms with E-state index in [1.54, 1.807) is 47.1 Å². The Bertz CT molecular complexity index is 4090. The van der Waals surface area contributed by atoms with Crippen molar-refractivity contribution in [3.8, 4) is 34.1 Å². The lowest BCUT2D eigenvalue weighted by Gasteiger charge is -2.31. The molecule has 4 saturated heterocycles. The van der Waals surface area contributed by atoms with Crippen LogP contribution in [-0.2, 0) is 34.0 Å². The van der Waals surface area contributed by atoms with E-state index in [2.05, 4.69) is 41.9 Å². The number of fused-ring (bicyclic) bond motifs is 7. The fourth-order valence-electron chi connectivity index (χ4n) is 13.2. The van der Waals surface area contributed by atoms with E-state index in [1.807, 2.05) is 44.2 Å². The number of carbonyl (C=O) groups excluding carboxylic acids is 2. The number of aromatic nitrogens is 9. The summed E-state index contributed by atoms with van der Waals surface area (Å²) in [5, 5.41) is 25.7. The summed E-state index contributed by atoms with van der Waals surface area (Å²) in [7, 11) is 0. The van der Waals surface area contributed by atoms with E-state index < -0.39 is 30.6 Å². The third kappa shape index (κ3) is 9.84. The molecule has 84 heavy (non-hydrogen) atoms. The van der Waals surface area contributed by atoms with Crippen LogP contribution in [0.3, 0.4) is 0 Å². The first-order valence-corrected chi connectivity index (χ1v) is 29.2. The Morgan fingerprint density at radius 1 is 0.905 bits per heavy atom. The summed E-state index contributed by atoms with van der Waals surface area (Å²) >= 11 is 0. The molecule has 9 heterocycles. The van der Waals surface area contributed by atoms with E-state index in [0.29, 0.717) is 101 Å². The molecule has 4 N–H and O–H groups in total. The minimum Gasteiger partial charge on any atom is -0.486 e. The van der Waals surface area contributed by atoms with Crippen LogP contribution in [0.2, 0.25) is 0 Å². The predicted octanol–water partition coefficient (Wildman–Crippen LogP) is 9.01. The molecule has 4 aromatic carbocycles. The number of amides is 2. The Labute approximate surface area is 480 Å². The number of ether oxygens (including phenoxy) is 3. The van der Waals surface area contributed by atoms with Crippen molar-refractivity contribution >= 4 is 61.2 Å². The van der Waals surface area contributed by atoms with Crippen molar-refractivity contribution in [2.45, 2.75) is 128 Å². The Hall–Kier alpha value is -8.37. The number of carbonyl (C=O) groups is 2. The van der Waals surface area contributed by atoms with Crippen molar-refractivity contribution in [2.75, 3.05) is 37.7 Å². The maximum absolute atomic E-state index is 16.2. The van der Waals surface area contributed by atoms with Crippen molar-refractivity contribution in [1.82, 2.24) is 60.2 Å². The van der Waals surface area contributed by atoms with Gasteiger partial charge in [-0.25, -0.2) is 13.2 Å². The standard InChI is InChI=1S/C62H64F3N13O6/c1-32(2)56(61(81)75-18-4-5-50(75)59(79)67-25-34-6-9-37(10-7-34)49-14-17-69-77(49)30-51(64)65)78-29-45-41-13-8-35(21-47(41)70-60(80)55(45)74-78)31-83-57-53(52-33(3)46(63)24-48-44(52)27-68-73-48)42(36-11-12-36)23-43-54(57)71-62(84-40-15-19-82-20-16-40)72-58(43)76-28-38-22-39(76)26-66-38/h6-10,13-14,17,21,23-24,27,29,32,36,38-40,50-51,56,66H,4-5,11-12,15-16,18-20,22,25-26,28,30-31H2,1-3H3,(H,67,79)(H,68,73)(H,70,80). The smallest absolute Gasteiger partial charge is 0.319 e. The molecule has 4 unspecified atom stereocenters. The van der Waals surface area contributed by atoms with Crippen LogP contribution in [0.25, 0.3) is 66.0 Å². The molecule has 4 atom stereocenters. The van der Waals surface area contributed by atoms with Gasteiger partial charge in [-0.15, -0.1) is 0 Å². The van der Waals surface area contributed by atoms with Crippen molar-refractivity contribution < 1.29 is 37.0 Å². The second-order valence-electron chi connectivity index (χ2n) is 23.5. The molecule has 9 aromatic rings. The zero-order valence-corrected chi connectivity index (χ0v) is 46.8. The summed E-state index contributed by atoms with van der Waals surface area (Å²) in [6.45, 7) is 8.51. The van der Waals surface area contributed by atoms with Gasteiger partial charge in [0.05, 0.1) is 30.6 Å². The summed E-state index contributed by atoms with van der Waals surface area (Å²) in [5.74, 6) is 0.242. The van der Waals surface area contributed by atoms with Crippen LogP contribution in [0.1, 0.15) is 93.0 Å². The quantitative estimate of drug-likeness (QED) is 0.0671. The van der Waals surface area contributed by atoms with Crippen molar-refractivity contribution in [3.05, 3.63) is 118 Å². The highest BCUT2D eigenvalue weighted by molar-refractivity contribution is 6.07. The first-order valence-electron chi connectivity index (χ1n) is 29.2. The molecule has 4 aliphatic heterocycles. The van der Waals surface area contributed by atoms with Gasteiger partial charge >= 0.3 is 6.01 Å². The van der Waals surface area contributed by atoms with Crippen molar-refractivity contribution in [2.24, 2.45) is 5.92 Å². The van der Waals surface area contributed by atoms with Crippen LogP contribution >= 0.6 is 0 Å². The summed E-state index contributed by atoms with van der Waals surface area (Å²) in [5.41, 5.74) is 7.13. The van der Waals surface area contributed by atoms with E-state index in [0.717, 1.165) is 76.8 Å². The van der Waals surface area contributed by atoms with Gasteiger partial charge in [0.15, 0.2) is 11.3 Å². The number of halogens is 3. The van der Waals surface area contributed by atoms with Gasteiger partial charge in [0, 0.05) is 102 Å². The number of benzene rings is 4. The van der Waals surface area contributed by atoms with Gasteiger partial charge in [-0.3, -0.25) is 28.8 Å². The van der Waals surface area contributed by atoms with Gasteiger partial charge in [-0.05, 0) is 103 Å². The summed E-state index contributed by atoms with van der Waals surface area (Å²) in [6.07, 6.45) is 7.71. The second-order valence-corrected chi connectivity index (χ2v) is 23.5. The number of nitrogens with one attached hydrogen (secondary N) is 4. The zero-order valence-electron chi connectivity index (χ0n) is 46.8. The van der Waals surface area contributed by atoms with Crippen LogP contribution in [0.15, 0.2) is 84.0 Å². The van der Waals surface area contributed by atoms with Crippen molar-refractivity contribution in [1.29, 1.82) is 0 Å². The van der Waals surface area contributed by atoms with Crippen molar-refractivity contribution in [3.63, 3.8) is 0 Å². The normalized spacial score (nSPS) is 19.5. The topological polar surface area (TPSA) is 215 Å². The van der Waals surface area contributed by atoms with Crippen LogP contribution in [0.5, 0.6) is 11.8 Å². The molecular weight excluding hydrogens is 1080 g/mol. The first-order chi connectivity index (χ1) is 40.8. The first kappa shape index (κ1) is 53.6. The number of anilines is 1. The number of aromatic amines is 2. The van der Waals surface area contributed by atoms with Gasteiger partial charge in [0.25, 0.3) is 12.0 Å². The van der Waals surface area contributed by atoms with E-state index in [9.17, 15) is 23.2 Å².